The van der Waals surface area contributed by atoms with Crippen LogP contribution in [-0.2, 0) is 4.79 Å². The van der Waals surface area contributed by atoms with Gasteiger partial charge in [-0.25, -0.2) is 9.18 Å². The minimum Gasteiger partial charge on any atom is -0.457 e. The fourth-order valence-corrected chi connectivity index (χ4v) is 3.81. The number of rotatable bonds is 6. The van der Waals surface area contributed by atoms with Crippen LogP contribution in [0.25, 0.3) is 22.4 Å². The number of aromatic nitrogens is 3. The van der Waals surface area contributed by atoms with Gasteiger partial charge < -0.3 is 10.1 Å². The second-order valence-electron chi connectivity index (χ2n) is 7.62. The first kappa shape index (κ1) is 21.8. The summed E-state index contributed by atoms with van der Waals surface area (Å²) >= 11 is 0. The SMILES string of the molecule is C=CC(=O)Nc1cccc(-n2c(=O)n(-c3cccc(Oc4cccc(F)c4)c3)c3cnccc32)c1. The lowest BCUT2D eigenvalue weighted by atomic mass is 10.2. The number of carbonyl (C=O) groups excluding carboxylic acids is 1. The predicted molar refractivity (Wildman–Crippen MR) is 132 cm³/mol. The van der Waals surface area contributed by atoms with Crippen LogP contribution in [0.2, 0.25) is 0 Å². The quantitative estimate of drug-likeness (QED) is 0.348. The molecule has 1 amide bonds. The number of hydrogen-bond acceptors (Lipinski definition) is 4. The third kappa shape index (κ3) is 4.32. The van der Waals surface area contributed by atoms with E-state index < -0.39 is 5.82 Å². The van der Waals surface area contributed by atoms with E-state index in [2.05, 4.69) is 16.9 Å². The molecule has 35 heavy (non-hydrogen) atoms. The summed E-state index contributed by atoms with van der Waals surface area (Å²) in [4.78, 5) is 29.6. The monoisotopic (exact) mass is 466 g/mol. The molecular formula is C27H19FN4O3. The Bertz CT molecular complexity index is 1640. The Kier molecular flexibility index (Phi) is 5.68. The topological polar surface area (TPSA) is 78.2 Å². The van der Waals surface area contributed by atoms with Crippen molar-refractivity contribution in [3.63, 3.8) is 0 Å². The highest BCUT2D eigenvalue weighted by atomic mass is 19.1. The van der Waals surface area contributed by atoms with E-state index in [-0.39, 0.29) is 11.6 Å². The Morgan fingerprint density at radius 2 is 1.60 bits per heavy atom. The zero-order valence-corrected chi connectivity index (χ0v) is 18.4. The Morgan fingerprint density at radius 3 is 2.37 bits per heavy atom. The highest BCUT2D eigenvalue weighted by Gasteiger charge is 2.17. The van der Waals surface area contributed by atoms with E-state index in [4.69, 9.17) is 4.74 Å². The van der Waals surface area contributed by atoms with Crippen LogP contribution in [0.4, 0.5) is 10.1 Å². The summed E-state index contributed by atoms with van der Waals surface area (Å²) in [6.07, 6.45) is 4.39. The summed E-state index contributed by atoms with van der Waals surface area (Å²) in [5.74, 6) is 0.0302. The van der Waals surface area contributed by atoms with E-state index in [0.29, 0.717) is 39.6 Å². The number of benzene rings is 3. The fraction of sp³-hybridized carbons (Fsp3) is 0. The molecule has 2 aromatic heterocycles. The van der Waals surface area contributed by atoms with E-state index in [1.54, 1.807) is 83.7 Å². The molecule has 0 aliphatic rings. The summed E-state index contributed by atoms with van der Waals surface area (Å²) in [5.41, 5.74) is 2.54. The lowest BCUT2D eigenvalue weighted by molar-refractivity contribution is -0.111. The van der Waals surface area contributed by atoms with Crippen molar-refractivity contribution in [2.45, 2.75) is 0 Å². The second kappa shape index (κ2) is 9.11. The molecule has 0 fully saturated rings. The van der Waals surface area contributed by atoms with Gasteiger partial charge in [-0.1, -0.05) is 24.8 Å². The molecule has 0 bridgehead atoms. The maximum atomic E-state index is 13.7. The summed E-state index contributed by atoms with van der Waals surface area (Å²) in [7, 11) is 0. The van der Waals surface area contributed by atoms with Crippen molar-refractivity contribution in [1.29, 1.82) is 0 Å². The lowest BCUT2D eigenvalue weighted by Gasteiger charge is -2.09. The first-order valence-electron chi connectivity index (χ1n) is 10.7. The molecule has 0 atom stereocenters. The minimum atomic E-state index is -0.407. The van der Waals surface area contributed by atoms with E-state index >= 15 is 0 Å². The van der Waals surface area contributed by atoms with Crippen LogP contribution in [0.15, 0.2) is 109 Å². The number of imidazole rings is 1. The van der Waals surface area contributed by atoms with Crippen LogP contribution in [0.1, 0.15) is 0 Å². The molecule has 0 radical (unpaired) electrons. The van der Waals surface area contributed by atoms with Crippen LogP contribution >= 0.6 is 0 Å². The van der Waals surface area contributed by atoms with Crippen LogP contribution < -0.4 is 15.7 Å². The number of anilines is 1. The third-order valence-electron chi connectivity index (χ3n) is 5.31. The highest BCUT2D eigenvalue weighted by Crippen LogP contribution is 2.26. The van der Waals surface area contributed by atoms with Gasteiger partial charge in [0.25, 0.3) is 0 Å². The number of halogens is 1. The molecule has 3 aromatic carbocycles. The summed E-state index contributed by atoms with van der Waals surface area (Å²) in [6.45, 7) is 3.46. The lowest BCUT2D eigenvalue weighted by Crippen LogP contribution is -2.22. The number of ether oxygens (including phenoxy) is 1. The minimum absolute atomic E-state index is 0.330. The Hall–Kier alpha value is -4.98. The van der Waals surface area contributed by atoms with Gasteiger partial charge in [0.05, 0.1) is 28.6 Å². The molecule has 8 heteroatoms. The average Bonchev–Trinajstić information content (AvgIpc) is 3.16. The number of nitrogens with zero attached hydrogens (tertiary/aromatic N) is 3. The molecule has 0 aliphatic carbocycles. The molecule has 5 aromatic rings. The number of carbonyl (C=O) groups is 1. The maximum absolute atomic E-state index is 13.7. The third-order valence-corrected chi connectivity index (χ3v) is 5.31. The van der Waals surface area contributed by atoms with Crippen LogP contribution in [-0.4, -0.2) is 20.0 Å². The largest absolute Gasteiger partial charge is 0.457 e. The maximum Gasteiger partial charge on any atom is 0.338 e. The zero-order chi connectivity index (χ0) is 24.4. The first-order valence-corrected chi connectivity index (χ1v) is 10.7. The first-order chi connectivity index (χ1) is 17.0. The van der Waals surface area contributed by atoms with Crippen molar-refractivity contribution in [2.24, 2.45) is 0 Å². The Morgan fingerprint density at radius 1 is 0.914 bits per heavy atom. The Balaban J connectivity index is 1.62. The van der Waals surface area contributed by atoms with Gasteiger partial charge in [-0.3, -0.25) is 18.9 Å². The fourth-order valence-electron chi connectivity index (χ4n) is 3.81. The summed E-state index contributed by atoms with van der Waals surface area (Å²) in [5, 5.41) is 2.71. The molecule has 2 heterocycles. The summed E-state index contributed by atoms with van der Waals surface area (Å²) < 4.78 is 22.4. The van der Waals surface area contributed by atoms with Crippen LogP contribution in [0.5, 0.6) is 11.5 Å². The van der Waals surface area contributed by atoms with Gasteiger partial charge >= 0.3 is 5.69 Å². The van der Waals surface area contributed by atoms with Crippen molar-refractivity contribution in [3.8, 4) is 22.9 Å². The van der Waals surface area contributed by atoms with Crippen LogP contribution in [0, 0.1) is 5.82 Å². The van der Waals surface area contributed by atoms with Gasteiger partial charge in [-0.15, -0.1) is 0 Å². The molecule has 172 valence electrons. The van der Waals surface area contributed by atoms with E-state index in [0.717, 1.165) is 0 Å². The molecule has 0 spiro atoms. The van der Waals surface area contributed by atoms with Crippen molar-refractivity contribution < 1.29 is 13.9 Å². The normalized spacial score (nSPS) is 10.8. The zero-order valence-electron chi connectivity index (χ0n) is 18.4. The molecule has 0 saturated heterocycles. The van der Waals surface area contributed by atoms with E-state index in [9.17, 15) is 14.0 Å². The molecule has 0 aliphatic heterocycles. The van der Waals surface area contributed by atoms with Gasteiger partial charge in [0.15, 0.2) is 0 Å². The Labute approximate surface area is 199 Å². The second-order valence-corrected chi connectivity index (χ2v) is 7.62. The molecular weight excluding hydrogens is 447 g/mol. The van der Waals surface area contributed by atoms with Gasteiger partial charge in [0.1, 0.15) is 17.3 Å². The molecule has 7 nitrogen and oxygen atoms in total. The van der Waals surface area contributed by atoms with Gasteiger partial charge in [-0.2, -0.15) is 0 Å². The summed E-state index contributed by atoms with van der Waals surface area (Å²) in [6, 6.07) is 21.5. The smallest absolute Gasteiger partial charge is 0.338 e. The number of pyridine rings is 1. The van der Waals surface area contributed by atoms with Crippen molar-refractivity contribution in [1.82, 2.24) is 14.1 Å². The highest BCUT2D eigenvalue weighted by molar-refractivity contribution is 5.99. The van der Waals surface area contributed by atoms with Crippen molar-refractivity contribution in [2.75, 3.05) is 5.32 Å². The van der Waals surface area contributed by atoms with Crippen molar-refractivity contribution in [3.05, 3.63) is 120 Å². The van der Waals surface area contributed by atoms with E-state index in [1.807, 2.05) is 0 Å². The number of amides is 1. The molecule has 0 saturated carbocycles. The van der Waals surface area contributed by atoms with Crippen LogP contribution in [0.3, 0.4) is 0 Å². The number of fused-ring (bicyclic) bond motifs is 1. The molecule has 1 N–H and O–H groups in total. The number of hydrogen-bond donors (Lipinski definition) is 1. The van der Waals surface area contributed by atoms with Gasteiger partial charge in [-0.05, 0) is 54.6 Å². The number of nitrogens with one attached hydrogen (secondary N) is 1. The van der Waals surface area contributed by atoms with Gasteiger partial charge in [0, 0.05) is 24.0 Å². The molecule has 0 unspecified atom stereocenters. The standard InChI is InChI=1S/C27H19FN4O3/c1-2-26(33)30-19-7-4-8-20(15-19)31-24-12-13-29-17-25(24)32(27(31)34)21-9-5-11-23(16-21)35-22-10-3-6-18(28)14-22/h2-17H,1H2,(H,30,33). The average molecular weight is 466 g/mol. The predicted octanol–water partition coefficient (Wildman–Crippen LogP) is 5.23. The molecule has 5 rings (SSSR count). The van der Waals surface area contributed by atoms with Crippen molar-refractivity contribution >= 4 is 22.6 Å². The van der Waals surface area contributed by atoms with E-state index in [1.165, 1.54) is 22.8 Å². The van der Waals surface area contributed by atoms with Gasteiger partial charge in [0.2, 0.25) is 5.91 Å².